The van der Waals surface area contributed by atoms with Crippen LogP contribution in [-0.4, -0.2) is 41.2 Å². The Kier molecular flexibility index (Phi) is 5.39. The standard InChI is InChI=1S/C17H20N4O4/c1-11-19-15(25-21-11)7-8-18-16(22)12-4-2-5-13(10-12)20-17(23)14-6-3-9-24-14/h2,4-5,10,14H,3,6-9H2,1H3,(H,18,22)(H,20,23)/t14-/m0/s1. The van der Waals surface area contributed by atoms with Crippen LogP contribution in [-0.2, 0) is 16.0 Å². The third kappa shape index (κ3) is 4.63. The molecule has 8 heteroatoms. The van der Waals surface area contributed by atoms with Crippen LogP contribution in [0.4, 0.5) is 5.69 Å². The van der Waals surface area contributed by atoms with Crippen LogP contribution in [0.15, 0.2) is 28.8 Å². The summed E-state index contributed by atoms with van der Waals surface area (Å²) >= 11 is 0. The molecule has 1 aliphatic rings. The summed E-state index contributed by atoms with van der Waals surface area (Å²) in [6, 6.07) is 6.79. The fourth-order valence-electron chi connectivity index (χ4n) is 2.57. The van der Waals surface area contributed by atoms with E-state index in [1.165, 1.54) is 0 Å². The van der Waals surface area contributed by atoms with E-state index in [4.69, 9.17) is 9.26 Å². The Morgan fingerprint density at radius 3 is 2.96 bits per heavy atom. The van der Waals surface area contributed by atoms with E-state index in [2.05, 4.69) is 20.8 Å². The van der Waals surface area contributed by atoms with Gasteiger partial charge in [-0.05, 0) is 38.0 Å². The maximum Gasteiger partial charge on any atom is 0.253 e. The predicted octanol–water partition coefficient (Wildman–Crippen LogP) is 1.47. The number of anilines is 1. The van der Waals surface area contributed by atoms with Crippen molar-refractivity contribution < 1.29 is 18.8 Å². The molecule has 0 radical (unpaired) electrons. The van der Waals surface area contributed by atoms with E-state index in [0.29, 0.717) is 42.5 Å². The maximum atomic E-state index is 12.2. The van der Waals surface area contributed by atoms with Crippen molar-refractivity contribution in [3.63, 3.8) is 0 Å². The Labute approximate surface area is 144 Å². The number of carbonyl (C=O) groups excluding carboxylic acids is 2. The van der Waals surface area contributed by atoms with Gasteiger partial charge in [-0.1, -0.05) is 11.2 Å². The lowest BCUT2D eigenvalue weighted by Gasteiger charge is -2.11. The molecule has 0 aliphatic carbocycles. The highest BCUT2D eigenvalue weighted by molar-refractivity contribution is 5.98. The van der Waals surface area contributed by atoms with Crippen LogP contribution in [0.5, 0.6) is 0 Å². The van der Waals surface area contributed by atoms with Gasteiger partial charge in [-0.3, -0.25) is 9.59 Å². The number of amides is 2. The average molecular weight is 344 g/mol. The zero-order valence-corrected chi connectivity index (χ0v) is 13.9. The van der Waals surface area contributed by atoms with Crippen molar-refractivity contribution in [2.24, 2.45) is 0 Å². The highest BCUT2D eigenvalue weighted by Crippen LogP contribution is 2.16. The maximum absolute atomic E-state index is 12.2. The first-order chi connectivity index (χ1) is 12.1. The quantitative estimate of drug-likeness (QED) is 0.822. The molecule has 2 N–H and O–H groups in total. The second-order valence-electron chi connectivity index (χ2n) is 5.81. The van der Waals surface area contributed by atoms with Crippen LogP contribution in [0.2, 0.25) is 0 Å². The van der Waals surface area contributed by atoms with Crippen molar-refractivity contribution in [3.8, 4) is 0 Å². The summed E-state index contributed by atoms with van der Waals surface area (Å²) < 4.78 is 10.3. The SMILES string of the molecule is Cc1noc(CCNC(=O)c2cccc(NC(=O)[C@@H]3CCCO3)c2)n1. The molecule has 8 nitrogen and oxygen atoms in total. The zero-order valence-electron chi connectivity index (χ0n) is 13.9. The lowest BCUT2D eigenvalue weighted by molar-refractivity contribution is -0.124. The summed E-state index contributed by atoms with van der Waals surface area (Å²) in [5.74, 6) is 0.637. The van der Waals surface area contributed by atoms with E-state index in [1.54, 1.807) is 31.2 Å². The minimum Gasteiger partial charge on any atom is -0.368 e. The van der Waals surface area contributed by atoms with Crippen molar-refractivity contribution in [1.29, 1.82) is 0 Å². The van der Waals surface area contributed by atoms with Gasteiger partial charge in [-0.15, -0.1) is 0 Å². The molecular weight excluding hydrogens is 324 g/mol. The Balaban J connectivity index is 1.52. The predicted molar refractivity (Wildman–Crippen MR) is 89.1 cm³/mol. The molecular formula is C17H20N4O4. The van der Waals surface area contributed by atoms with Crippen molar-refractivity contribution in [2.45, 2.75) is 32.3 Å². The zero-order chi connectivity index (χ0) is 17.6. The summed E-state index contributed by atoms with van der Waals surface area (Å²) in [7, 11) is 0. The van der Waals surface area contributed by atoms with Gasteiger partial charge in [0.15, 0.2) is 5.82 Å². The van der Waals surface area contributed by atoms with E-state index in [9.17, 15) is 9.59 Å². The molecule has 25 heavy (non-hydrogen) atoms. The first kappa shape index (κ1) is 17.1. The highest BCUT2D eigenvalue weighted by Gasteiger charge is 2.23. The number of nitrogens with zero attached hydrogens (tertiary/aromatic N) is 2. The molecule has 1 fully saturated rings. The molecule has 0 spiro atoms. The van der Waals surface area contributed by atoms with E-state index in [-0.39, 0.29) is 11.8 Å². The van der Waals surface area contributed by atoms with Crippen molar-refractivity contribution in [2.75, 3.05) is 18.5 Å². The summed E-state index contributed by atoms with van der Waals surface area (Å²) in [5.41, 5.74) is 1.03. The van der Waals surface area contributed by atoms with Gasteiger partial charge in [0.1, 0.15) is 6.10 Å². The fraction of sp³-hybridized carbons (Fsp3) is 0.412. The summed E-state index contributed by atoms with van der Waals surface area (Å²) in [4.78, 5) is 28.4. The molecule has 1 aromatic heterocycles. The molecule has 1 saturated heterocycles. The number of nitrogens with one attached hydrogen (secondary N) is 2. The smallest absolute Gasteiger partial charge is 0.253 e. The molecule has 0 bridgehead atoms. The van der Waals surface area contributed by atoms with E-state index in [0.717, 1.165) is 12.8 Å². The van der Waals surface area contributed by atoms with E-state index < -0.39 is 6.10 Å². The molecule has 2 amide bonds. The molecule has 1 atom stereocenters. The molecule has 3 rings (SSSR count). The second-order valence-corrected chi connectivity index (χ2v) is 5.81. The molecule has 0 saturated carbocycles. The number of aromatic nitrogens is 2. The fourth-order valence-corrected chi connectivity index (χ4v) is 2.57. The normalized spacial score (nSPS) is 16.6. The van der Waals surface area contributed by atoms with Crippen LogP contribution in [0.3, 0.4) is 0 Å². The Bertz CT molecular complexity index is 753. The largest absolute Gasteiger partial charge is 0.368 e. The number of hydrogen-bond acceptors (Lipinski definition) is 6. The minimum atomic E-state index is -0.407. The lowest BCUT2D eigenvalue weighted by Crippen LogP contribution is -2.28. The molecule has 132 valence electrons. The van der Waals surface area contributed by atoms with E-state index >= 15 is 0 Å². The van der Waals surface area contributed by atoms with Gasteiger partial charge in [0, 0.05) is 30.8 Å². The third-order valence-electron chi connectivity index (χ3n) is 3.81. The third-order valence-corrected chi connectivity index (χ3v) is 3.81. The molecule has 0 unspecified atom stereocenters. The van der Waals surface area contributed by atoms with Gasteiger partial charge in [0.2, 0.25) is 5.89 Å². The van der Waals surface area contributed by atoms with Crippen molar-refractivity contribution >= 4 is 17.5 Å². The molecule has 1 aromatic carbocycles. The highest BCUT2D eigenvalue weighted by atomic mass is 16.5. The first-order valence-corrected chi connectivity index (χ1v) is 8.22. The lowest BCUT2D eigenvalue weighted by atomic mass is 10.1. The van der Waals surface area contributed by atoms with Gasteiger partial charge >= 0.3 is 0 Å². The Morgan fingerprint density at radius 1 is 1.36 bits per heavy atom. The van der Waals surface area contributed by atoms with Crippen LogP contribution in [0.25, 0.3) is 0 Å². The van der Waals surface area contributed by atoms with Crippen LogP contribution in [0.1, 0.15) is 34.9 Å². The van der Waals surface area contributed by atoms with Crippen LogP contribution in [0, 0.1) is 6.92 Å². The topological polar surface area (TPSA) is 106 Å². The van der Waals surface area contributed by atoms with E-state index in [1.807, 2.05) is 0 Å². The van der Waals surface area contributed by atoms with Crippen molar-refractivity contribution in [3.05, 3.63) is 41.5 Å². The number of benzene rings is 1. The van der Waals surface area contributed by atoms with Crippen LogP contribution < -0.4 is 10.6 Å². The van der Waals surface area contributed by atoms with Gasteiger partial charge in [-0.2, -0.15) is 4.98 Å². The summed E-state index contributed by atoms with van der Waals surface area (Å²) in [5, 5.41) is 9.27. The number of carbonyl (C=O) groups is 2. The Hall–Kier alpha value is -2.74. The number of ether oxygens (including phenoxy) is 1. The van der Waals surface area contributed by atoms with Gasteiger partial charge in [-0.25, -0.2) is 0 Å². The van der Waals surface area contributed by atoms with Gasteiger partial charge < -0.3 is 19.9 Å². The van der Waals surface area contributed by atoms with Gasteiger partial charge in [0.25, 0.3) is 11.8 Å². The number of aryl methyl sites for hydroxylation is 1. The summed E-state index contributed by atoms with van der Waals surface area (Å²) in [6.45, 7) is 2.73. The number of hydrogen-bond donors (Lipinski definition) is 2. The minimum absolute atomic E-state index is 0.179. The molecule has 1 aliphatic heterocycles. The molecule has 2 aromatic rings. The summed E-state index contributed by atoms with van der Waals surface area (Å²) in [6.07, 6.45) is 1.67. The Morgan fingerprint density at radius 2 is 2.24 bits per heavy atom. The number of rotatable bonds is 6. The van der Waals surface area contributed by atoms with Crippen molar-refractivity contribution in [1.82, 2.24) is 15.5 Å². The molecule has 2 heterocycles. The monoisotopic (exact) mass is 344 g/mol. The van der Waals surface area contributed by atoms with Gasteiger partial charge in [0.05, 0.1) is 0 Å². The van der Waals surface area contributed by atoms with Crippen LogP contribution >= 0.6 is 0 Å². The second kappa shape index (κ2) is 7.89. The average Bonchev–Trinajstić information content (AvgIpc) is 3.27. The first-order valence-electron chi connectivity index (χ1n) is 8.22.